The molecular weight excluding hydrogens is 417 g/mol. The molecule has 0 saturated heterocycles. The molecule has 0 unspecified atom stereocenters. The largest absolute Gasteiger partial charge is 0.353 e. The van der Waals surface area contributed by atoms with Crippen LogP contribution in [0.15, 0.2) is 60.8 Å². The molecule has 4 nitrogen and oxygen atoms in total. The van der Waals surface area contributed by atoms with Crippen LogP contribution in [0.2, 0.25) is 10.0 Å². The van der Waals surface area contributed by atoms with E-state index >= 15 is 0 Å². The van der Waals surface area contributed by atoms with Crippen LogP contribution < -0.4 is 5.32 Å². The number of carbonyl (C=O) groups is 1. The van der Waals surface area contributed by atoms with E-state index in [2.05, 4.69) is 31.3 Å². The molecule has 0 bridgehead atoms. The summed E-state index contributed by atoms with van der Waals surface area (Å²) in [4.78, 5) is 14.9. The van der Waals surface area contributed by atoms with Crippen molar-refractivity contribution in [2.75, 3.05) is 11.9 Å². The van der Waals surface area contributed by atoms with Crippen LogP contribution in [0.5, 0.6) is 0 Å². The van der Waals surface area contributed by atoms with E-state index in [9.17, 15) is 4.79 Å². The second kappa shape index (κ2) is 10.1. The molecule has 158 valence electrons. The van der Waals surface area contributed by atoms with E-state index in [-0.39, 0.29) is 6.03 Å². The number of amides is 2. The van der Waals surface area contributed by atoms with Gasteiger partial charge >= 0.3 is 6.03 Å². The zero-order valence-corrected chi connectivity index (χ0v) is 19.0. The zero-order chi connectivity index (χ0) is 21.7. The van der Waals surface area contributed by atoms with Crippen LogP contribution in [0.4, 0.5) is 10.5 Å². The van der Waals surface area contributed by atoms with E-state index in [1.165, 1.54) is 5.56 Å². The van der Waals surface area contributed by atoms with Gasteiger partial charge in [0.2, 0.25) is 0 Å². The molecular formula is C24H27Cl2N3O. The highest BCUT2D eigenvalue weighted by molar-refractivity contribution is 6.35. The lowest BCUT2D eigenvalue weighted by molar-refractivity contribution is 0.208. The van der Waals surface area contributed by atoms with Crippen LogP contribution in [-0.4, -0.2) is 22.0 Å². The summed E-state index contributed by atoms with van der Waals surface area (Å²) in [5, 5.41) is 4.24. The monoisotopic (exact) mass is 443 g/mol. The Hall–Kier alpha value is -2.43. The fourth-order valence-electron chi connectivity index (χ4n) is 3.24. The van der Waals surface area contributed by atoms with Gasteiger partial charge in [0.05, 0.1) is 6.54 Å². The van der Waals surface area contributed by atoms with Gasteiger partial charge in [0.25, 0.3) is 0 Å². The van der Waals surface area contributed by atoms with Crippen molar-refractivity contribution in [3.8, 4) is 0 Å². The number of hydrogen-bond donors (Lipinski definition) is 1. The van der Waals surface area contributed by atoms with Gasteiger partial charge in [0.1, 0.15) is 0 Å². The maximum atomic E-state index is 13.1. The first-order valence-electron chi connectivity index (χ1n) is 10.0. The van der Waals surface area contributed by atoms with Crippen LogP contribution in [-0.2, 0) is 20.0 Å². The smallest absolute Gasteiger partial charge is 0.322 e. The first kappa shape index (κ1) is 22.3. The standard InChI is InChI=1S/C24H27Cl2N3O/c1-17(2)18-7-10-21(11-8-18)27-24(30)29(16-22-5-4-13-28(22)3)14-12-19-6-9-20(25)15-23(19)26/h4-11,13,15,17H,12,14,16H2,1-3H3,(H,27,30). The van der Waals surface area contributed by atoms with E-state index in [0.29, 0.717) is 35.5 Å². The van der Waals surface area contributed by atoms with Crippen molar-refractivity contribution in [1.29, 1.82) is 0 Å². The van der Waals surface area contributed by atoms with Gasteiger partial charge < -0.3 is 14.8 Å². The number of carbonyl (C=O) groups excluding carboxylic acids is 1. The van der Waals surface area contributed by atoms with Gasteiger partial charge in [-0.05, 0) is 59.9 Å². The molecule has 3 aromatic rings. The van der Waals surface area contributed by atoms with Gasteiger partial charge in [-0.1, -0.05) is 55.2 Å². The zero-order valence-electron chi connectivity index (χ0n) is 17.5. The van der Waals surface area contributed by atoms with Crippen molar-refractivity contribution < 1.29 is 4.79 Å². The minimum absolute atomic E-state index is 0.140. The van der Waals surface area contributed by atoms with Gasteiger partial charge in [0, 0.05) is 41.2 Å². The topological polar surface area (TPSA) is 37.3 Å². The van der Waals surface area contributed by atoms with Crippen molar-refractivity contribution in [1.82, 2.24) is 9.47 Å². The van der Waals surface area contributed by atoms with E-state index in [1.807, 2.05) is 54.2 Å². The van der Waals surface area contributed by atoms with Crippen molar-refractivity contribution in [2.45, 2.75) is 32.7 Å². The molecule has 30 heavy (non-hydrogen) atoms. The Labute approximate surface area is 188 Å². The maximum Gasteiger partial charge on any atom is 0.322 e. The average Bonchev–Trinajstić information content (AvgIpc) is 3.11. The number of hydrogen-bond acceptors (Lipinski definition) is 1. The Morgan fingerprint density at radius 2 is 1.83 bits per heavy atom. The average molecular weight is 444 g/mol. The number of benzene rings is 2. The SMILES string of the molecule is CC(C)c1ccc(NC(=O)N(CCc2ccc(Cl)cc2Cl)Cc2cccn2C)cc1. The van der Waals surface area contributed by atoms with E-state index in [1.54, 1.807) is 11.0 Å². The molecule has 0 aliphatic rings. The van der Waals surface area contributed by atoms with Crippen molar-refractivity contribution in [3.63, 3.8) is 0 Å². The third-order valence-electron chi connectivity index (χ3n) is 5.19. The minimum Gasteiger partial charge on any atom is -0.353 e. The molecule has 0 atom stereocenters. The lowest BCUT2D eigenvalue weighted by Gasteiger charge is -2.24. The number of aromatic nitrogens is 1. The summed E-state index contributed by atoms with van der Waals surface area (Å²) in [5.41, 5.74) is 4.05. The van der Waals surface area contributed by atoms with Gasteiger partial charge in [-0.3, -0.25) is 0 Å². The summed E-state index contributed by atoms with van der Waals surface area (Å²) in [6, 6.07) is 17.3. The quantitative estimate of drug-likeness (QED) is 0.431. The molecule has 0 saturated carbocycles. The van der Waals surface area contributed by atoms with Crippen molar-refractivity contribution in [3.05, 3.63) is 87.7 Å². The number of urea groups is 1. The molecule has 0 radical (unpaired) electrons. The van der Waals surface area contributed by atoms with Crippen LogP contribution >= 0.6 is 23.2 Å². The third-order valence-corrected chi connectivity index (χ3v) is 5.77. The summed E-state index contributed by atoms with van der Waals surface area (Å²) in [6.45, 7) is 5.33. The third kappa shape index (κ3) is 5.80. The highest BCUT2D eigenvalue weighted by atomic mass is 35.5. The molecule has 0 aliphatic heterocycles. The molecule has 1 heterocycles. The number of aryl methyl sites for hydroxylation is 1. The van der Waals surface area contributed by atoms with Crippen LogP contribution in [0, 0.1) is 0 Å². The Morgan fingerprint density at radius 1 is 1.10 bits per heavy atom. The molecule has 3 rings (SSSR count). The van der Waals surface area contributed by atoms with Crippen molar-refractivity contribution >= 4 is 34.9 Å². The number of halogens is 2. The molecule has 0 aliphatic carbocycles. The van der Waals surface area contributed by atoms with E-state index in [4.69, 9.17) is 23.2 Å². The number of anilines is 1. The second-order valence-electron chi connectivity index (χ2n) is 7.72. The number of nitrogens with one attached hydrogen (secondary N) is 1. The summed E-state index contributed by atoms with van der Waals surface area (Å²) >= 11 is 12.3. The fraction of sp³-hybridized carbons (Fsp3) is 0.292. The Kier molecular flexibility index (Phi) is 7.46. The lowest BCUT2D eigenvalue weighted by atomic mass is 10.0. The Balaban J connectivity index is 1.74. The highest BCUT2D eigenvalue weighted by Gasteiger charge is 2.16. The summed E-state index contributed by atoms with van der Waals surface area (Å²) < 4.78 is 2.02. The van der Waals surface area contributed by atoms with Crippen LogP contribution in [0.3, 0.4) is 0 Å². The van der Waals surface area contributed by atoms with E-state index < -0.39 is 0 Å². The summed E-state index contributed by atoms with van der Waals surface area (Å²) in [7, 11) is 1.98. The van der Waals surface area contributed by atoms with Gasteiger partial charge in [-0.2, -0.15) is 0 Å². The van der Waals surface area contributed by atoms with Gasteiger partial charge in [-0.15, -0.1) is 0 Å². The van der Waals surface area contributed by atoms with Gasteiger partial charge in [0.15, 0.2) is 0 Å². The molecule has 6 heteroatoms. The molecule has 2 aromatic carbocycles. The molecule has 0 spiro atoms. The highest BCUT2D eigenvalue weighted by Crippen LogP contribution is 2.22. The molecule has 0 fully saturated rings. The predicted octanol–water partition coefficient (Wildman–Crippen LogP) is 6.73. The molecule has 1 N–H and O–H groups in total. The number of rotatable bonds is 7. The second-order valence-corrected chi connectivity index (χ2v) is 8.57. The van der Waals surface area contributed by atoms with Crippen LogP contribution in [0.1, 0.15) is 36.6 Å². The first-order valence-corrected chi connectivity index (χ1v) is 10.8. The fourth-order valence-corrected chi connectivity index (χ4v) is 3.75. The lowest BCUT2D eigenvalue weighted by Crippen LogP contribution is -2.36. The Bertz CT molecular complexity index is 996. The maximum absolute atomic E-state index is 13.1. The summed E-state index contributed by atoms with van der Waals surface area (Å²) in [6.07, 6.45) is 2.62. The first-order chi connectivity index (χ1) is 14.3. The number of nitrogens with zero attached hydrogens (tertiary/aromatic N) is 2. The normalized spacial score (nSPS) is 11.0. The van der Waals surface area contributed by atoms with Gasteiger partial charge in [-0.25, -0.2) is 4.79 Å². The van der Waals surface area contributed by atoms with Crippen molar-refractivity contribution in [2.24, 2.45) is 7.05 Å². The minimum atomic E-state index is -0.140. The predicted molar refractivity (Wildman–Crippen MR) is 126 cm³/mol. The Morgan fingerprint density at radius 3 is 2.43 bits per heavy atom. The van der Waals surface area contributed by atoms with Crippen LogP contribution in [0.25, 0.3) is 0 Å². The molecule has 1 aromatic heterocycles. The van der Waals surface area contributed by atoms with E-state index in [0.717, 1.165) is 16.9 Å². The molecule has 2 amide bonds. The summed E-state index contributed by atoms with van der Waals surface area (Å²) in [5.74, 6) is 0.452.